The van der Waals surface area contributed by atoms with Gasteiger partial charge in [-0.1, -0.05) is 41.2 Å². The van der Waals surface area contributed by atoms with Crippen LogP contribution in [0.4, 0.5) is 0 Å². The van der Waals surface area contributed by atoms with Gasteiger partial charge in [0.1, 0.15) is 0 Å². The highest BCUT2D eigenvalue weighted by Gasteiger charge is 2.71. The fourth-order valence-electron chi connectivity index (χ4n) is 4.61. The van der Waals surface area contributed by atoms with E-state index in [1.165, 1.54) is 5.56 Å². The summed E-state index contributed by atoms with van der Waals surface area (Å²) in [5.74, 6) is 0. The maximum absolute atomic E-state index is 12.2. The van der Waals surface area contributed by atoms with Crippen LogP contribution in [0.5, 0.6) is 0 Å². The zero-order chi connectivity index (χ0) is 20.2. The highest BCUT2D eigenvalue weighted by atomic mass is 31.2. The molecule has 3 nitrogen and oxygen atoms in total. The van der Waals surface area contributed by atoms with E-state index in [0.717, 1.165) is 12.0 Å². The van der Waals surface area contributed by atoms with E-state index in [0.29, 0.717) is 6.61 Å². The first kappa shape index (κ1) is 21.4. The van der Waals surface area contributed by atoms with Crippen LogP contribution in [0.15, 0.2) is 31.1 Å². The van der Waals surface area contributed by atoms with Crippen LogP contribution < -0.4 is 4.57 Å². The van der Waals surface area contributed by atoms with Crippen molar-refractivity contribution in [3.63, 3.8) is 0 Å². The number of rotatable bonds is 5. The Morgan fingerprint density at radius 1 is 1.19 bits per heavy atom. The van der Waals surface area contributed by atoms with Gasteiger partial charge in [-0.15, -0.1) is 0 Å². The molecule has 0 amide bonds. The van der Waals surface area contributed by atoms with Crippen molar-refractivity contribution < 1.29 is 13.7 Å². The molecule has 0 N–H and O–H groups in total. The van der Waals surface area contributed by atoms with Crippen molar-refractivity contribution in [1.29, 1.82) is 0 Å². The Bertz CT molecular complexity index is 761. The van der Waals surface area contributed by atoms with Crippen LogP contribution in [-0.4, -0.2) is 19.9 Å². The molecule has 1 aliphatic carbocycles. The van der Waals surface area contributed by atoms with E-state index in [4.69, 9.17) is 4.52 Å². The van der Waals surface area contributed by atoms with Gasteiger partial charge in [0.15, 0.2) is 25.3 Å². The number of hydrogen-bond acceptors (Lipinski definition) is 2. The summed E-state index contributed by atoms with van der Waals surface area (Å²) in [5, 5.41) is 0. The summed E-state index contributed by atoms with van der Waals surface area (Å²) in [7, 11) is -2.51. The molecule has 1 aromatic heterocycles. The normalized spacial score (nSPS) is 30.3. The minimum atomic E-state index is -2.51. The molecule has 0 aromatic carbocycles. The highest BCUT2D eigenvalue weighted by Crippen LogP contribution is 2.68. The van der Waals surface area contributed by atoms with E-state index in [2.05, 4.69) is 77.2 Å². The Morgan fingerprint density at radius 2 is 1.77 bits per heavy atom. The quantitative estimate of drug-likeness (QED) is 0.483. The summed E-state index contributed by atoms with van der Waals surface area (Å²) in [6.07, 6.45) is 5.35. The first-order valence-electron chi connectivity index (χ1n) is 9.45. The van der Waals surface area contributed by atoms with Crippen LogP contribution in [0, 0.1) is 16.2 Å². The molecule has 1 unspecified atom stereocenters. The number of aromatic nitrogens is 1. The zero-order valence-electron chi connectivity index (χ0n) is 18.1. The van der Waals surface area contributed by atoms with Crippen molar-refractivity contribution in [3.05, 3.63) is 36.7 Å². The summed E-state index contributed by atoms with van der Waals surface area (Å²) < 4.78 is 20.4. The lowest BCUT2D eigenvalue weighted by atomic mass is 9.58. The second-order valence-corrected chi connectivity index (χ2v) is 12.8. The Balaban J connectivity index is 2.55. The van der Waals surface area contributed by atoms with E-state index < -0.39 is 7.37 Å². The average molecular weight is 379 g/mol. The minimum Gasteiger partial charge on any atom is -0.328 e. The van der Waals surface area contributed by atoms with E-state index in [9.17, 15) is 4.57 Å². The molecule has 1 fully saturated rings. The smallest absolute Gasteiger partial charge is 0.197 e. The van der Waals surface area contributed by atoms with Gasteiger partial charge < -0.3 is 4.52 Å². The van der Waals surface area contributed by atoms with Crippen molar-refractivity contribution in [2.45, 2.75) is 60.4 Å². The Labute approximate surface area is 160 Å². The van der Waals surface area contributed by atoms with Gasteiger partial charge in [-0.05, 0) is 24.0 Å². The standard InChI is InChI=1S/C22H37NO2P/c1-17(2)18-12-11-13-23(14-18)22(8)15-21(7,16-25-26(9,10)24)19(3,4)20(22,5)6/h11-14H,1,15-16H2,2-10H3/q+1/t21-,22?/m1/s1. The third-order valence-corrected chi connectivity index (χ3v) is 8.46. The van der Waals surface area contributed by atoms with Gasteiger partial charge in [0.2, 0.25) is 0 Å². The number of nitrogens with zero attached hydrogens (tertiary/aromatic N) is 1. The zero-order valence-corrected chi connectivity index (χ0v) is 19.0. The van der Waals surface area contributed by atoms with Crippen LogP contribution in [0.25, 0.3) is 5.57 Å². The second-order valence-electron chi connectivity index (χ2n) is 10.1. The van der Waals surface area contributed by atoms with E-state index in [-0.39, 0.29) is 21.8 Å². The fourth-order valence-corrected chi connectivity index (χ4v) is 5.20. The first-order valence-corrected chi connectivity index (χ1v) is 12.0. The van der Waals surface area contributed by atoms with Gasteiger partial charge in [0.05, 0.1) is 6.61 Å². The van der Waals surface area contributed by atoms with E-state index >= 15 is 0 Å². The SMILES string of the molecule is C=C(C)c1ccc[n+](C2(C)C[C@](C)(COP(C)(C)=O)C(C)(C)C2(C)C)c1. The van der Waals surface area contributed by atoms with E-state index in [1.807, 2.05) is 6.92 Å². The Kier molecular flexibility index (Phi) is 5.19. The van der Waals surface area contributed by atoms with Crippen molar-refractivity contribution in [2.75, 3.05) is 19.9 Å². The molecule has 0 bridgehead atoms. The van der Waals surface area contributed by atoms with E-state index in [1.54, 1.807) is 13.3 Å². The topological polar surface area (TPSA) is 30.2 Å². The molecule has 0 radical (unpaired) electrons. The number of allylic oxidation sites excluding steroid dienone is 1. The van der Waals surface area contributed by atoms with Crippen LogP contribution in [-0.2, 0) is 14.6 Å². The summed E-state index contributed by atoms with van der Waals surface area (Å²) in [5.41, 5.74) is 2.06. The molecule has 26 heavy (non-hydrogen) atoms. The predicted molar refractivity (Wildman–Crippen MR) is 111 cm³/mol. The van der Waals surface area contributed by atoms with Gasteiger partial charge >= 0.3 is 0 Å². The fraction of sp³-hybridized carbons (Fsp3) is 0.682. The van der Waals surface area contributed by atoms with Gasteiger partial charge in [-0.2, -0.15) is 4.57 Å². The molecule has 2 rings (SSSR count). The average Bonchev–Trinajstić information content (AvgIpc) is 2.61. The monoisotopic (exact) mass is 378 g/mol. The molecule has 4 heteroatoms. The van der Waals surface area contributed by atoms with Crippen molar-refractivity contribution in [2.24, 2.45) is 16.2 Å². The van der Waals surface area contributed by atoms with Gasteiger partial charge in [0, 0.05) is 49.1 Å². The van der Waals surface area contributed by atoms with Gasteiger partial charge in [0.25, 0.3) is 0 Å². The van der Waals surface area contributed by atoms with Crippen molar-refractivity contribution in [1.82, 2.24) is 0 Å². The van der Waals surface area contributed by atoms with Crippen LogP contribution >= 0.6 is 7.37 Å². The molecule has 0 aliphatic heterocycles. The van der Waals surface area contributed by atoms with Crippen molar-refractivity contribution in [3.8, 4) is 0 Å². The van der Waals surface area contributed by atoms with Gasteiger partial charge in [-0.3, -0.25) is 4.57 Å². The third kappa shape index (κ3) is 3.22. The third-order valence-electron chi connectivity index (χ3n) is 7.71. The summed E-state index contributed by atoms with van der Waals surface area (Å²) in [6.45, 7) is 24.1. The molecule has 0 spiro atoms. The molecular weight excluding hydrogens is 341 g/mol. The highest BCUT2D eigenvalue weighted by molar-refractivity contribution is 7.57. The maximum Gasteiger partial charge on any atom is 0.197 e. The largest absolute Gasteiger partial charge is 0.328 e. The predicted octanol–water partition coefficient (Wildman–Crippen LogP) is 5.74. The Morgan fingerprint density at radius 3 is 2.27 bits per heavy atom. The molecule has 1 saturated carbocycles. The molecule has 0 saturated heterocycles. The molecule has 2 atom stereocenters. The number of hydrogen-bond donors (Lipinski definition) is 0. The van der Waals surface area contributed by atoms with Crippen LogP contribution in [0.2, 0.25) is 0 Å². The lowest BCUT2D eigenvalue weighted by Crippen LogP contribution is -2.61. The first-order chi connectivity index (χ1) is 11.6. The van der Waals surface area contributed by atoms with Crippen molar-refractivity contribution >= 4 is 12.9 Å². The molecular formula is C22H37NO2P+. The molecule has 1 heterocycles. The second kappa shape index (κ2) is 6.31. The maximum atomic E-state index is 12.2. The Hall–Kier alpha value is -0.920. The van der Waals surface area contributed by atoms with Crippen LogP contribution in [0.1, 0.15) is 60.5 Å². The summed E-state index contributed by atoms with van der Waals surface area (Å²) in [6, 6.07) is 4.22. The number of pyridine rings is 1. The molecule has 146 valence electrons. The summed E-state index contributed by atoms with van der Waals surface area (Å²) >= 11 is 0. The lowest BCUT2D eigenvalue weighted by molar-refractivity contribution is -0.775. The minimum absolute atomic E-state index is 0.00193. The van der Waals surface area contributed by atoms with Crippen LogP contribution in [0.3, 0.4) is 0 Å². The molecule has 1 aliphatic rings. The molecule has 1 aromatic rings. The lowest BCUT2D eigenvalue weighted by Gasteiger charge is -2.46. The van der Waals surface area contributed by atoms with Gasteiger partial charge in [-0.25, -0.2) is 0 Å². The summed E-state index contributed by atoms with van der Waals surface area (Å²) in [4.78, 5) is 0.